The molecule has 1 heterocycles. The van der Waals surface area contributed by atoms with Gasteiger partial charge in [0, 0.05) is 24.9 Å². The van der Waals surface area contributed by atoms with Gasteiger partial charge in [-0.25, -0.2) is 0 Å². The largest absolute Gasteiger partial charge is 0.393 e. The molecule has 3 rings (SSSR count). The molecule has 106 valence electrons. The molecule has 0 spiro atoms. The molecule has 20 heavy (non-hydrogen) atoms. The Kier molecular flexibility index (Phi) is 3.74. The van der Waals surface area contributed by atoms with Crippen LogP contribution in [0, 0.1) is 11.8 Å². The summed E-state index contributed by atoms with van der Waals surface area (Å²) in [5, 5.41) is 0. The van der Waals surface area contributed by atoms with Crippen LogP contribution in [0.4, 0.5) is 0 Å². The van der Waals surface area contributed by atoms with Crippen molar-refractivity contribution in [2.45, 2.75) is 25.2 Å². The van der Waals surface area contributed by atoms with Crippen molar-refractivity contribution in [3.63, 3.8) is 0 Å². The van der Waals surface area contributed by atoms with Crippen LogP contribution in [0.2, 0.25) is 0 Å². The van der Waals surface area contributed by atoms with Crippen LogP contribution < -0.4 is 5.73 Å². The quantitative estimate of drug-likeness (QED) is 0.868. The Morgan fingerprint density at radius 2 is 2.05 bits per heavy atom. The van der Waals surface area contributed by atoms with Crippen molar-refractivity contribution in [2.75, 3.05) is 13.1 Å². The molecule has 1 aromatic rings. The van der Waals surface area contributed by atoms with E-state index in [1.165, 1.54) is 5.56 Å². The van der Waals surface area contributed by atoms with E-state index in [4.69, 9.17) is 18.0 Å². The number of likely N-dealkylation sites (tertiary alicyclic amines) is 1. The molecule has 0 bridgehead atoms. The van der Waals surface area contributed by atoms with Gasteiger partial charge in [0.25, 0.3) is 0 Å². The van der Waals surface area contributed by atoms with E-state index >= 15 is 0 Å². The maximum atomic E-state index is 12.6. The minimum Gasteiger partial charge on any atom is -0.393 e. The Morgan fingerprint density at radius 1 is 1.30 bits per heavy atom. The molecule has 4 heteroatoms. The first-order chi connectivity index (χ1) is 9.66. The monoisotopic (exact) mass is 288 g/mol. The second-order valence-corrected chi connectivity index (χ2v) is 6.36. The second-order valence-electron chi connectivity index (χ2n) is 5.89. The predicted octanol–water partition coefficient (Wildman–Crippen LogP) is 2.31. The number of benzene rings is 1. The number of hydrogen-bond acceptors (Lipinski definition) is 2. The highest BCUT2D eigenvalue weighted by Crippen LogP contribution is 2.48. The highest BCUT2D eigenvalue weighted by atomic mass is 32.1. The lowest BCUT2D eigenvalue weighted by atomic mass is 9.97. The predicted molar refractivity (Wildman–Crippen MR) is 83.4 cm³/mol. The Morgan fingerprint density at radius 3 is 2.75 bits per heavy atom. The SMILES string of the molecule is NC(=S)C1CCCN(C(=O)C2CC2c2ccccc2)C1. The van der Waals surface area contributed by atoms with Crippen molar-refractivity contribution in [3.8, 4) is 0 Å². The summed E-state index contributed by atoms with van der Waals surface area (Å²) in [6, 6.07) is 10.3. The number of nitrogens with two attached hydrogens (primary N) is 1. The Hall–Kier alpha value is -1.42. The number of amides is 1. The van der Waals surface area contributed by atoms with Crippen molar-refractivity contribution in [1.82, 2.24) is 4.90 Å². The van der Waals surface area contributed by atoms with Gasteiger partial charge >= 0.3 is 0 Å². The number of nitrogens with zero attached hydrogens (tertiary/aromatic N) is 1. The number of thiocarbonyl (C=S) groups is 1. The summed E-state index contributed by atoms with van der Waals surface area (Å²) in [6.45, 7) is 1.57. The van der Waals surface area contributed by atoms with Crippen LogP contribution in [-0.2, 0) is 4.79 Å². The van der Waals surface area contributed by atoms with Crippen molar-refractivity contribution < 1.29 is 4.79 Å². The van der Waals surface area contributed by atoms with Crippen LogP contribution in [-0.4, -0.2) is 28.9 Å². The zero-order valence-corrected chi connectivity index (χ0v) is 12.3. The highest BCUT2D eigenvalue weighted by Gasteiger charge is 2.46. The van der Waals surface area contributed by atoms with Gasteiger partial charge in [-0.2, -0.15) is 0 Å². The molecular formula is C16H20N2OS. The lowest BCUT2D eigenvalue weighted by Crippen LogP contribution is -2.44. The molecule has 0 radical (unpaired) electrons. The van der Waals surface area contributed by atoms with Crippen LogP contribution in [0.5, 0.6) is 0 Å². The zero-order chi connectivity index (χ0) is 14.1. The lowest BCUT2D eigenvalue weighted by Gasteiger charge is -2.32. The average Bonchev–Trinajstić information content (AvgIpc) is 3.28. The van der Waals surface area contributed by atoms with E-state index in [1.807, 2.05) is 23.1 Å². The van der Waals surface area contributed by atoms with Gasteiger partial charge in [0.05, 0.1) is 4.99 Å². The molecule has 1 saturated carbocycles. The fraction of sp³-hybridized carbons (Fsp3) is 0.500. The van der Waals surface area contributed by atoms with Gasteiger partial charge in [-0.1, -0.05) is 42.5 Å². The number of carbonyl (C=O) groups is 1. The number of piperidine rings is 1. The Labute approximate surface area is 125 Å². The fourth-order valence-corrected chi connectivity index (χ4v) is 3.37. The van der Waals surface area contributed by atoms with Gasteiger partial charge in [0.1, 0.15) is 0 Å². The normalized spacial score (nSPS) is 29.0. The summed E-state index contributed by atoms with van der Waals surface area (Å²) >= 11 is 5.08. The van der Waals surface area contributed by atoms with Gasteiger partial charge in [-0.05, 0) is 30.7 Å². The number of carbonyl (C=O) groups excluding carboxylic acids is 1. The maximum absolute atomic E-state index is 12.6. The molecule has 1 amide bonds. The molecular weight excluding hydrogens is 268 g/mol. The molecule has 2 aliphatic rings. The summed E-state index contributed by atoms with van der Waals surface area (Å²) in [5.41, 5.74) is 7.02. The van der Waals surface area contributed by atoms with E-state index < -0.39 is 0 Å². The van der Waals surface area contributed by atoms with E-state index in [1.54, 1.807) is 0 Å². The summed E-state index contributed by atoms with van der Waals surface area (Å²) in [7, 11) is 0. The Balaban J connectivity index is 1.62. The van der Waals surface area contributed by atoms with Gasteiger partial charge in [-0.15, -0.1) is 0 Å². The van der Waals surface area contributed by atoms with E-state index in [0.717, 1.165) is 25.8 Å². The van der Waals surface area contributed by atoms with E-state index in [2.05, 4.69) is 12.1 Å². The van der Waals surface area contributed by atoms with Crippen LogP contribution in [0.1, 0.15) is 30.7 Å². The molecule has 1 aromatic carbocycles. The molecule has 0 aromatic heterocycles. The van der Waals surface area contributed by atoms with E-state index in [9.17, 15) is 4.79 Å². The van der Waals surface area contributed by atoms with Crippen LogP contribution in [0.15, 0.2) is 30.3 Å². The third-order valence-corrected chi connectivity index (χ3v) is 4.80. The third-order valence-electron chi connectivity index (χ3n) is 4.47. The van der Waals surface area contributed by atoms with Crippen molar-refractivity contribution in [2.24, 2.45) is 17.6 Å². The molecule has 3 atom stereocenters. The van der Waals surface area contributed by atoms with Crippen molar-refractivity contribution >= 4 is 23.1 Å². The molecule has 2 fully saturated rings. The number of rotatable bonds is 3. The second kappa shape index (κ2) is 5.52. The fourth-order valence-electron chi connectivity index (χ4n) is 3.18. The van der Waals surface area contributed by atoms with Crippen molar-refractivity contribution in [3.05, 3.63) is 35.9 Å². The third kappa shape index (κ3) is 2.70. The first-order valence-electron chi connectivity index (χ1n) is 7.30. The zero-order valence-electron chi connectivity index (χ0n) is 11.5. The van der Waals surface area contributed by atoms with E-state index in [-0.39, 0.29) is 11.8 Å². The number of hydrogen-bond donors (Lipinski definition) is 1. The Bertz CT molecular complexity index is 516. The topological polar surface area (TPSA) is 46.3 Å². The summed E-state index contributed by atoms with van der Waals surface area (Å²) in [5.74, 6) is 1.08. The van der Waals surface area contributed by atoms with Gasteiger partial charge in [0.2, 0.25) is 5.91 Å². The first kappa shape index (κ1) is 13.6. The average molecular weight is 288 g/mol. The van der Waals surface area contributed by atoms with E-state index in [0.29, 0.717) is 23.4 Å². The maximum Gasteiger partial charge on any atom is 0.226 e. The van der Waals surface area contributed by atoms with Gasteiger partial charge < -0.3 is 10.6 Å². The summed E-state index contributed by atoms with van der Waals surface area (Å²) in [4.78, 5) is 15.1. The minimum atomic E-state index is 0.169. The molecule has 1 aliphatic carbocycles. The van der Waals surface area contributed by atoms with Crippen LogP contribution in [0.25, 0.3) is 0 Å². The van der Waals surface area contributed by atoms with Crippen LogP contribution >= 0.6 is 12.2 Å². The first-order valence-corrected chi connectivity index (χ1v) is 7.70. The van der Waals surface area contributed by atoms with Crippen LogP contribution in [0.3, 0.4) is 0 Å². The minimum absolute atomic E-state index is 0.169. The summed E-state index contributed by atoms with van der Waals surface area (Å²) < 4.78 is 0. The molecule has 1 aliphatic heterocycles. The van der Waals surface area contributed by atoms with Crippen molar-refractivity contribution in [1.29, 1.82) is 0 Å². The molecule has 3 nitrogen and oxygen atoms in total. The highest BCUT2D eigenvalue weighted by molar-refractivity contribution is 7.80. The smallest absolute Gasteiger partial charge is 0.226 e. The molecule has 1 saturated heterocycles. The van der Waals surface area contributed by atoms with Gasteiger partial charge in [-0.3, -0.25) is 4.79 Å². The molecule has 3 unspecified atom stereocenters. The van der Waals surface area contributed by atoms with Gasteiger partial charge in [0.15, 0.2) is 0 Å². The lowest BCUT2D eigenvalue weighted by molar-refractivity contribution is -0.134. The summed E-state index contributed by atoms with van der Waals surface area (Å²) in [6.07, 6.45) is 3.01. The molecule has 2 N–H and O–H groups in total. The standard InChI is InChI=1S/C16H20N2OS/c17-15(20)12-7-4-8-18(10-12)16(19)14-9-13(14)11-5-2-1-3-6-11/h1-3,5-6,12-14H,4,7-10H2,(H2,17,20).